The molecule has 7 heteroatoms. The Hall–Kier alpha value is -2.28. The van der Waals surface area contributed by atoms with Crippen LogP contribution in [0.5, 0.6) is 11.5 Å². The zero-order valence-corrected chi connectivity index (χ0v) is 14.8. The number of rotatable bonds is 8. The van der Waals surface area contributed by atoms with Crippen molar-refractivity contribution in [2.45, 2.75) is 32.4 Å². The first-order valence-electron chi connectivity index (χ1n) is 7.68. The summed E-state index contributed by atoms with van der Waals surface area (Å²) in [6.45, 7) is 3.50. The van der Waals surface area contributed by atoms with Gasteiger partial charge in [0, 0.05) is 12.0 Å². The average Bonchev–Trinajstić information content (AvgIpc) is 2.59. The van der Waals surface area contributed by atoms with Gasteiger partial charge in [0.2, 0.25) is 5.91 Å². The van der Waals surface area contributed by atoms with E-state index < -0.39 is 12.0 Å². The molecule has 7 nitrogen and oxygen atoms in total. The van der Waals surface area contributed by atoms with E-state index in [1.54, 1.807) is 32.0 Å². The molecule has 3 unspecified atom stereocenters. The van der Waals surface area contributed by atoms with Gasteiger partial charge in [0.05, 0.1) is 33.8 Å². The van der Waals surface area contributed by atoms with Crippen LogP contribution in [-0.4, -0.2) is 39.2 Å². The number of benzene rings is 1. The standard InChI is InChI=1S/C17H26N2O5/c1-10(11(2)18)17(21)19-13(9-16(20)24-5)12-6-7-14(22-3)15(8-12)23-4/h6-8,10-11,13H,9,18H2,1-5H3,(H,19,21). The summed E-state index contributed by atoms with van der Waals surface area (Å²) < 4.78 is 15.2. The molecule has 0 fully saturated rings. The third kappa shape index (κ3) is 5.13. The fourth-order valence-electron chi connectivity index (χ4n) is 2.11. The lowest BCUT2D eigenvalue weighted by Gasteiger charge is -2.23. The fraction of sp³-hybridized carbons (Fsp3) is 0.529. The molecule has 1 aromatic rings. The molecule has 0 aliphatic carbocycles. The number of amides is 1. The summed E-state index contributed by atoms with van der Waals surface area (Å²) in [5.41, 5.74) is 6.48. The third-order valence-corrected chi connectivity index (χ3v) is 3.93. The second kappa shape index (κ2) is 9.12. The van der Waals surface area contributed by atoms with Gasteiger partial charge in [0.25, 0.3) is 0 Å². The van der Waals surface area contributed by atoms with Crippen molar-refractivity contribution < 1.29 is 23.8 Å². The highest BCUT2D eigenvalue weighted by molar-refractivity contribution is 5.80. The molecular weight excluding hydrogens is 312 g/mol. The molecule has 0 radical (unpaired) electrons. The number of hydrogen-bond donors (Lipinski definition) is 2. The number of ether oxygens (including phenoxy) is 3. The van der Waals surface area contributed by atoms with E-state index in [0.717, 1.165) is 0 Å². The predicted molar refractivity (Wildman–Crippen MR) is 89.9 cm³/mol. The van der Waals surface area contributed by atoms with E-state index in [4.69, 9.17) is 19.9 Å². The maximum absolute atomic E-state index is 12.3. The van der Waals surface area contributed by atoms with E-state index in [-0.39, 0.29) is 24.3 Å². The minimum atomic E-state index is -0.550. The fourth-order valence-corrected chi connectivity index (χ4v) is 2.11. The van der Waals surface area contributed by atoms with Gasteiger partial charge < -0.3 is 25.3 Å². The Balaban J connectivity index is 3.09. The zero-order chi connectivity index (χ0) is 18.3. The van der Waals surface area contributed by atoms with Gasteiger partial charge in [-0.15, -0.1) is 0 Å². The van der Waals surface area contributed by atoms with Crippen molar-refractivity contribution in [2.24, 2.45) is 11.7 Å². The molecule has 24 heavy (non-hydrogen) atoms. The van der Waals surface area contributed by atoms with Crippen LogP contribution in [0.2, 0.25) is 0 Å². The summed E-state index contributed by atoms with van der Waals surface area (Å²) >= 11 is 0. The van der Waals surface area contributed by atoms with Crippen LogP contribution < -0.4 is 20.5 Å². The largest absolute Gasteiger partial charge is 0.493 e. The molecule has 0 aliphatic rings. The first-order chi connectivity index (χ1) is 11.3. The van der Waals surface area contributed by atoms with Crippen molar-refractivity contribution in [1.29, 1.82) is 0 Å². The van der Waals surface area contributed by atoms with Gasteiger partial charge in [0.15, 0.2) is 11.5 Å². The molecular formula is C17H26N2O5. The lowest BCUT2D eigenvalue weighted by molar-refractivity contribution is -0.141. The van der Waals surface area contributed by atoms with Crippen LogP contribution >= 0.6 is 0 Å². The highest BCUT2D eigenvalue weighted by atomic mass is 16.5. The molecule has 3 atom stereocenters. The van der Waals surface area contributed by atoms with Gasteiger partial charge in [-0.05, 0) is 24.6 Å². The Kier molecular flexibility index (Phi) is 7.51. The Morgan fingerprint density at radius 2 is 1.75 bits per heavy atom. The Labute approximate surface area is 142 Å². The highest BCUT2D eigenvalue weighted by Crippen LogP contribution is 2.31. The highest BCUT2D eigenvalue weighted by Gasteiger charge is 2.24. The molecule has 1 amide bonds. The molecule has 1 rings (SSSR count). The Morgan fingerprint density at radius 3 is 2.25 bits per heavy atom. The quantitative estimate of drug-likeness (QED) is 0.695. The molecule has 1 aromatic carbocycles. The summed E-state index contributed by atoms with van der Waals surface area (Å²) in [6.07, 6.45) is 0.00337. The SMILES string of the molecule is COC(=O)CC(NC(=O)C(C)C(C)N)c1ccc(OC)c(OC)c1. The van der Waals surface area contributed by atoms with Gasteiger partial charge in [-0.1, -0.05) is 13.0 Å². The first kappa shape index (κ1) is 19.8. The lowest BCUT2D eigenvalue weighted by atomic mass is 9.99. The Bertz CT molecular complexity index is 574. The summed E-state index contributed by atoms with van der Waals surface area (Å²) in [7, 11) is 4.36. The van der Waals surface area contributed by atoms with E-state index in [0.29, 0.717) is 17.1 Å². The number of esters is 1. The summed E-state index contributed by atoms with van der Waals surface area (Å²) in [6, 6.07) is 4.37. The number of methoxy groups -OCH3 is 3. The Morgan fingerprint density at radius 1 is 1.12 bits per heavy atom. The smallest absolute Gasteiger partial charge is 0.307 e. The summed E-state index contributed by atoms with van der Waals surface area (Å²) in [5, 5.41) is 2.85. The molecule has 0 aliphatic heterocycles. The maximum atomic E-state index is 12.3. The molecule has 0 saturated heterocycles. The number of nitrogens with two attached hydrogens (primary N) is 1. The van der Waals surface area contributed by atoms with Crippen molar-refractivity contribution in [1.82, 2.24) is 5.32 Å². The van der Waals surface area contributed by atoms with E-state index >= 15 is 0 Å². The maximum Gasteiger partial charge on any atom is 0.307 e. The van der Waals surface area contributed by atoms with Crippen LogP contribution in [0, 0.1) is 5.92 Å². The van der Waals surface area contributed by atoms with Crippen molar-refractivity contribution in [3.8, 4) is 11.5 Å². The van der Waals surface area contributed by atoms with E-state index in [1.165, 1.54) is 21.3 Å². The monoisotopic (exact) mass is 338 g/mol. The minimum Gasteiger partial charge on any atom is -0.493 e. The van der Waals surface area contributed by atoms with Crippen molar-refractivity contribution in [3.63, 3.8) is 0 Å². The van der Waals surface area contributed by atoms with Gasteiger partial charge in [-0.25, -0.2) is 0 Å². The van der Waals surface area contributed by atoms with E-state index in [9.17, 15) is 9.59 Å². The molecule has 0 aromatic heterocycles. The van der Waals surface area contributed by atoms with Gasteiger partial charge in [-0.2, -0.15) is 0 Å². The van der Waals surface area contributed by atoms with Crippen molar-refractivity contribution in [2.75, 3.05) is 21.3 Å². The van der Waals surface area contributed by atoms with Crippen molar-refractivity contribution >= 4 is 11.9 Å². The minimum absolute atomic E-state index is 0.00337. The number of hydrogen-bond acceptors (Lipinski definition) is 6. The molecule has 134 valence electrons. The van der Waals surface area contributed by atoms with Crippen LogP contribution in [0.25, 0.3) is 0 Å². The van der Waals surface area contributed by atoms with E-state index in [1.807, 2.05) is 0 Å². The molecule has 0 spiro atoms. The predicted octanol–water partition coefficient (Wildman–Crippen LogP) is 1.41. The lowest BCUT2D eigenvalue weighted by Crippen LogP contribution is -2.40. The second-order valence-corrected chi connectivity index (χ2v) is 5.60. The summed E-state index contributed by atoms with van der Waals surface area (Å²) in [4.78, 5) is 24.0. The normalized spacial score (nSPS) is 14.2. The van der Waals surface area contributed by atoms with Gasteiger partial charge in [-0.3, -0.25) is 9.59 Å². The number of carbonyl (C=O) groups excluding carboxylic acids is 2. The second-order valence-electron chi connectivity index (χ2n) is 5.60. The molecule has 0 bridgehead atoms. The summed E-state index contributed by atoms with van der Waals surface area (Å²) in [5.74, 6) is 0.0372. The molecule has 0 heterocycles. The zero-order valence-electron chi connectivity index (χ0n) is 14.8. The van der Waals surface area contributed by atoms with Crippen LogP contribution in [0.4, 0.5) is 0 Å². The number of nitrogens with one attached hydrogen (secondary N) is 1. The van der Waals surface area contributed by atoms with Crippen LogP contribution in [0.15, 0.2) is 18.2 Å². The van der Waals surface area contributed by atoms with Gasteiger partial charge in [0.1, 0.15) is 0 Å². The van der Waals surface area contributed by atoms with E-state index in [2.05, 4.69) is 5.32 Å². The third-order valence-electron chi connectivity index (χ3n) is 3.93. The van der Waals surface area contributed by atoms with Crippen LogP contribution in [-0.2, 0) is 14.3 Å². The topological polar surface area (TPSA) is 99.9 Å². The van der Waals surface area contributed by atoms with Gasteiger partial charge >= 0.3 is 5.97 Å². The van der Waals surface area contributed by atoms with Crippen LogP contribution in [0.1, 0.15) is 31.9 Å². The molecule has 3 N–H and O–H groups in total. The number of carbonyl (C=O) groups is 2. The first-order valence-corrected chi connectivity index (χ1v) is 7.68. The van der Waals surface area contributed by atoms with Crippen LogP contribution in [0.3, 0.4) is 0 Å². The molecule has 0 saturated carbocycles. The van der Waals surface area contributed by atoms with Crippen molar-refractivity contribution in [3.05, 3.63) is 23.8 Å². The average molecular weight is 338 g/mol.